The van der Waals surface area contributed by atoms with Gasteiger partial charge in [-0.2, -0.15) is 5.10 Å². The number of carbonyl (C=O) groups is 1. The molecule has 1 N–H and O–H groups in total. The normalized spacial score (nSPS) is 20.8. The van der Waals surface area contributed by atoms with Gasteiger partial charge in [-0.05, 0) is 63.3 Å². The molecule has 0 bridgehead atoms. The molecule has 1 saturated heterocycles. The third-order valence-electron chi connectivity index (χ3n) is 7.52. The van der Waals surface area contributed by atoms with Crippen LogP contribution in [-0.4, -0.2) is 62.9 Å². The van der Waals surface area contributed by atoms with E-state index in [9.17, 15) is 13.6 Å². The second-order valence-corrected chi connectivity index (χ2v) is 9.84. The first kappa shape index (κ1) is 25.4. The number of aryl methyl sites for hydroxylation is 1. The third kappa shape index (κ3) is 5.55. The molecule has 3 aromatic rings. The number of aromatic nitrogens is 4. The monoisotopic (exact) mass is 510 g/mol. The van der Waals surface area contributed by atoms with Crippen molar-refractivity contribution in [2.75, 3.05) is 31.6 Å². The van der Waals surface area contributed by atoms with E-state index in [2.05, 4.69) is 20.3 Å². The molecule has 3 aromatic heterocycles. The summed E-state index contributed by atoms with van der Waals surface area (Å²) in [6.45, 7) is 7.51. The van der Waals surface area contributed by atoms with Crippen LogP contribution in [0.5, 0.6) is 0 Å². The number of ether oxygens (including phenoxy) is 1. The van der Waals surface area contributed by atoms with Crippen LogP contribution in [0.15, 0.2) is 36.8 Å². The highest BCUT2D eigenvalue weighted by Gasteiger charge is 2.29. The predicted octanol–water partition coefficient (Wildman–Crippen LogP) is 4.83. The Kier molecular flexibility index (Phi) is 7.57. The molecular weight excluding hydrogens is 478 g/mol. The van der Waals surface area contributed by atoms with Crippen LogP contribution in [-0.2, 0) is 4.74 Å². The lowest BCUT2D eigenvalue weighted by Crippen LogP contribution is -2.44. The van der Waals surface area contributed by atoms with Crippen LogP contribution in [0.4, 0.5) is 14.5 Å². The van der Waals surface area contributed by atoms with E-state index in [1.54, 1.807) is 13.1 Å². The number of pyridine rings is 2. The van der Waals surface area contributed by atoms with Crippen LogP contribution >= 0.6 is 0 Å². The Morgan fingerprint density at radius 2 is 1.81 bits per heavy atom. The van der Waals surface area contributed by atoms with Crippen molar-refractivity contribution in [1.82, 2.24) is 24.6 Å². The smallest absolute Gasteiger partial charge is 0.265 e. The molecule has 196 valence electrons. The highest BCUT2D eigenvalue weighted by Crippen LogP contribution is 2.36. The zero-order valence-electron chi connectivity index (χ0n) is 21.2. The molecule has 5 rings (SSSR count). The number of carbonyl (C=O) groups excluding carboxylic acids is 1. The highest BCUT2D eigenvalue weighted by molar-refractivity contribution is 6.04. The number of alkyl halides is 2. The van der Waals surface area contributed by atoms with Crippen LogP contribution in [0, 0.1) is 13.8 Å². The molecule has 0 atom stereocenters. The van der Waals surface area contributed by atoms with E-state index in [1.165, 1.54) is 35.9 Å². The summed E-state index contributed by atoms with van der Waals surface area (Å²) in [5, 5.41) is 7.15. The lowest BCUT2D eigenvalue weighted by molar-refractivity contribution is 0.00720. The van der Waals surface area contributed by atoms with Crippen LogP contribution in [0.2, 0.25) is 0 Å². The zero-order valence-corrected chi connectivity index (χ0v) is 21.2. The van der Waals surface area contributed by atoms with Gasteiger partial charge in [0.15, 0.2) is 5.82 Å². The van der Waals surface area contributed by atoms with Gasteiger partial charge in [0.2, 0.25) is 0 Å². The minimum absolute atomic E-state index is 0.164. The van der Waals surface area contributed by atoms with Crippen molar-refractivity contribution in [3.05, 3.63) is 64.9 Å². The maximum atomic E-state index is 13.0. The minimum atomic E-state index is -2.59. The van der Waals surface area contributed by atoms with Gasteiger partial charge in [0.1, 0.15) is 0 Å². The van der Waals surface area contributed by atoms with Crippen molar-refractivity contribution in [3.8, 4) is 5.82 Å². The number of rotatable bonds is 6. The Morgan fingerprint density at radius 1 is 1.05 bits per heavy atom. The van der Waals surface area contributed by atoms with Gasteiger partial charge in [-0.15, -0.1) is 0 Å². The van der Waals surface area contributed by atoms with Crippen LogP contribution < -0.4 is 5.32 Å². The fourth-order valence-corrected chi connectivity index (χ4v) is 5.45. The number of amides is 1. The van der Waals surface area contributed by atoms with Gasteiger partial charge in [0, 0.05) is 42.5 Å². The summed E-state index contributed by atoms with van der Waals surface area (Å²) in [6, 6.07) is 5.38. The van der Waals surface area contributed by atoms with E-state index in [1.807, 2.05) is 13.0 Å². The van der Waals surface area contributed by atoms with Gasteiger partial charge >= 0.3 is 0 Å². The predicted molar refractivity (Wildman–Crippen MR) is 135 cm³/mol. The van der Waals surface area contributed by atoms with Crippen molar-refractivity contribution in [3.63, 3.8) is 0 Å². The van der Waals surface area contributed by atoms with Gasteiger partial charge in [0.25, 0.3) is 12.3 Å². The number of nitrogens with zero attached hydrogens (tertiary/aromatic N) is 5. The number of hydrogen-bond acceptors (Lipinski definition) is 6. The fourth-order valence-electron chi connectivity index (χ4n) is 5.45. The van der Waals surface area contributed by atoms with Gasteiger partial charge in [-0.3, -0.25) is 14.7 Å². The van der Waals surface area contributed by atoms with Crippen molar-refractivity contribution in [2.24, 2.45) is 0 Å². The first-order valence-electron chi connectivity index (χ1n) is 12.8. The molecule has 10 heteroatoms. The average Bonchev–Trinajstić information content (AvgIpc) is 3.31. The largest absolute Gasteiger partial charge is 0.379 e. The molecule has 8 nitrogen and oxygen atoms in total. The third-order valence-corrected chi connectivity index (χ3v) is 7.52. The Labute approximate surface area is 215 Å². The van der Waals surface area contributed by atoms with E-state index in [0.717, 1.165) is 56.6 Å². The number of halogens is 2. The van der Waals surface area contributed by atoms with Gasteiger partial charge in [0.05, 0.1) is 42.6 Å². The standard InChI is InChI=1S/C27H32F2N6O2/c1-17-13-21(15-31-25(17)19-3-6-22(7-4-19)34-9-11-37-12-10-34)33-27(36)23-16-32-35(18(23)2)24-8-5-20(14-30-24)26(28)29/h5,8,13-16,19,22,26H,3-4,6-7,9-12H2,1-2H3,(H,33,36)/t19-,22-. The summed E-state index contributed by atoms with van der Waals surface area (Å²) in [5.74, 6) is 0.491. The lowest BCUT2D eigenvalue weighted by Gasteiger charge is -2.38. The maximum Gasteiger partial charge on any atom is 0.265 e. The van der Waals surface area contributed by atoms with Crippen LogP contribution in [0.3, 0.4) is 0 Å². The molecule has 4 heterocycles. The molecule has 1 aliphatic heterocycles. The van der Waals surface area contributed by atoms with Crippen molar-refractivity contribution in [2.45, 2.75) is 57.9 Å². The molecule has 1 amide bonds. The molecule has 0 spiro atoms. The molecule has 2 aliphatic rings. The maximum absolute atomic E-state index is 13.0. The molecule has 0 radical (unpaired) electrons. The molecule has 2 fully saturated rings. The molecular formula is C27H32F2N6O2. The van der Waals surface area contributed by atoms with Crippen LogP contribution in [0.1, 0.15) is 70.9 Å². The molecule has 1 aliphatic carbocycles. The minimum Gasteiger partial charge on any atom is -0.379 e. The quantitative estimate of drug-likeness (QED) is 0.512. The van der Waals surface area contributed by atoms with Gasteiger partial charge in [-0.1, -0.05) is 0 Å². The fraction of sp³-hybridized carbons (Fsp3) is 0.481. The molecule has 37 heavy (non-hydrogen) atoms. The van der Waals surface area contributed by atoms with E-state index in [0.29, 0.717) is 34.7 Å². The van der Waals surface area contributed by atoms with Gasteiger partial charge < -0.3 is 10.1 Å². The Bertz CT molecular complexity index is 1230. The number of nitrogens with one attached hydrogen (secondary N) is 1. The van der Waals surface area contributed by atoms with E-state index in [-0.39, 0.29) is 11.5 Å². The van der Waals surface area contributed by atoms with E-state index >= 15 is 0 Å². The summed E-state index contributed by atoms with van der Waals surface area (Å²) in [4.78, 5) is 24.3. The Morgan fingerprint density at radius 3 is 2.46 bits per heavy atom. The first-order chi connectivity index (χ1) is 17.9. The molecule has 0 unspecified atom stereocenters. The van der Waals surface area contributed by atoms with Crippen molar-refractivity contribution >= 4 is 11.6 Å². The summed E-state index contributed by atoms with van der Waals surface area (Å²) >= 11 is 0. The second-order valence-electron chi connectivity index (χ2n) is 9.84. The van der Waals surface area contributed by atoms with Crippen LogP contribution in [0.25, 0.3) is 5.82 Å². The average molecular weight is 511 g/mol. The summed E-state index contributed by atoms with van der Waals surface area (Å²) in [5.41, 5.74) is 3.59. The summed E-state index contributed by atoms with van der Waals surface area (Å²) < 4.78 is 32.6. The summed E-state index contributed by atoms with van der Waals surface area (Å²) in [7, 11) is 0. The van der Waals surface area contributed by atoms with E-state index in [4.69, 9.17) is 9.72 Å². The SMILES string of the molecule is Cc1cc(NC(=O)c2cnn(-c3ccc(C(F)F)cn3)c2C)cnc1[C@H]1CC[C@H](N2CCOCC2)CC1. The Balaban J connectivity index is 1.22. The van der Waals surface area contributed by atoms with Crippen molar-refractivity contribution < 1.29 is 18.3 Å². The first-order valence-corrected chi connectivity index (χ1v) is 12.8. The van der Waals surface area contributed by atoms with Crippen molar-refractivity contribution in [1.29, 1.82) is 0 Å². The Hall–Kier alpha value is -3.24. The summed E-state index contributed by atoms with van der Waals surface area (Å²) in [6.07, 6.45) is 6.29. The number of morpholine rings is 1. The van der Waals surface area contributed by atoms with Gasteiger partial charge in [-0.25, -0.2) is 18.4 Å². The zero-order chi connectivity index (χ0) is 25.9. The molecule has 0 aromatic carbocycles. The highest BCUT2D eigenvalue weighted by atomic mass is 19.3. The topological polar surface area (TPSA) is 85.2 Å². The number of hydrogen-bond donors (Lipinski definition) is 1. The molecule has 1 saturated carbocycles. The lowest BCUT2D eigenvalue weighted by atomic mass is 9.82. The second kappa shape index (κ2) is 11.0. The van der Waals surface area contributed by atoms with E-state index < -0.39 is 6.43 Å². The number of anilines is 1.